The molecule has 1 amide bonds. The van der Waals surface area contributed by atoms with E-state index in [-0.39, 0.29) is 29.4 Å². The quantitative estimate of drug-likeness (QED) is 0.793. The largest absolute Gasteiger partial charge is 0.370 e. The number of aromatic nitrogens is 3. The zero-order valence-corrected chi connectivity index (χ0v) is 17.9. The van der Waals surface area contributed by atoms with Gasteiger partial charge < -0.3 is 9.80 Å². The van der Waals surface area contributed by atoms with Crippen LogP contribution in [0.2, 0.25) is 0 Å². The smallest absolute Gasteiger partial charge is 0.293 e. The second-order valence-electron chi connectivity index (χ2n) is 9.07. The van der Waals surface area contributed by atoms with E-state index in [1.165, 1.54) is 6.42 Å². The summed E-state index contributed by atoms with van der Waals surface area (Å²) < 4.78 is 1.74. The van der Waals surface area contributed by atoms with Crippen LogP contribution >= 0.6 is 0 Å². The lowest BCUT2D eigenvalue weighted by Gasteiger charge is -2.32. The Kier molecular flexibility index (Phi) is 5.32. The van der Waals surface area contributed by atoms with E-state index in [9.17, 15) is 9.59 Å². The molecule has 2 aromatic heterocycles. The Bertz CT molecular complexity index is 935. The summed E-state index contributed by atoms with van der Waals surface area (Å²) in [6.07, 6.45) is 4.88. The van der Waals surface area contributed by atoms with Crippen LogP contribution in [0.5, 0.6) is 0 Å². The number of hydrogen-bond donors (Lipinski definition) is 0. The fourth-order valence-corrected chi connectivity index (χ4v) is 4.57. The van der Waals surface area contributed by atoms with Crippen LogP contribution in [0.3, 0.4) is 0 Å². The second-order valence-corrected chi connectivity index (χ2v) is 9.07. The van der Waals surface area contributed by atoms with Crippen molar-refractivity contribution in [2.75, 3.05) is 31.1 Å². The van der Waals surface area contributed by atoms with Crippen molar-refractivity contribution in [3.05, 3.63) is 23.7 Å². The standard InChI is InChI=1S/C22H31N5O2/c1-14(2)19(28)17-6-5-8-26(12-17)22(29)20-23-21-16(4)10-18(13-27(21)24-20)25-9-7-15(3)11-25/h10,13-15,17H,5-9,11-12H2,1-4H3/t15-,17?/m1/s1. The Morgan fingerprint density at radius 2 is 1.97 bits per heavy atom. The predicted octanol–water partition coefficient (Wildman–Crippen LogP) is 2.96. The van der Waals surface area contributed by atoms with E-state index in [1.807, 2.05) is 27.0 Å². The molecule has 0 bridgehead atoms. The van der Waals surface area contributed by atoms with Gasteiger partial charge in [-0.1, -0.05) is 20.8 Å². The monoisotopic (exact) mass is 397 g/mol. The number of likely N-dealkylation sites (tertiary alicyclic amines) is 1. The van der Waals surface area contributed by atoms with Gasteiger partial charge in [-0.25, -0.2) is 9.50 Å². The Labute approximate surface area is 172 Å². The molecular formula is C22H31N5O2. The SMILES string of the molecule is Cc1cc(N2CC[C@@H](C)C2)cn2nc(C(=O)N3CCCC(C(=O)C(C)C)C3)nc12. The first kappa shape index (κ1) is 19.9. The molecule has 4 heterocycles. The molecule has 7 nitrogen and oxygen atoms in total. The van der Waals surface area contributed by atoms with E-state index in [1.54, 1.807) is 9.42 Å². The number of rotatable bonds is 4. The van der Waals surface area contributed by atoms with E-state index in [2.05, 4.69) is 28.0 Å². The summed E-state index contributed by atoms with van der Waals surface area (Å²) in [7, 11) is 0. The predicted molar refractivity (Wildman–Crippen MR) is 112 cm³/mol. The molecule has 1 unspecified atom stereocenters. The summed E-state index contributed by atoms with van der Waals surface area (Å²) >= 11 is 0. The van der Waals surface area contributed by atoms with Gasteiger partial charge in [-0.05, 0) is 43.7 Å². The van der Waals surface area contributed by atoms with Gasteiger partial charge in [0.2, 0.25) is 5.82 Å². The van der Waals surface area contributed by atoms with Crippen LogP contribution in [0.25, 0.3) is 5.65 Å². The fraction of sp³-hybridized carbons (Fsp3) is 0.636. The highest BCUT2D eigenvalue weighted by molar-refractivity contribution is 5.92. The summed E-state index contributed by atoms with van der Waals surface area (Å²) in [4.78, 5) is 34.1. The Morgan fingerprint density at radius 3 is 2.66 bits per heavy atom. The molecule has 29 heavy (non-hydrogen) atoms. The van der Waals surface area contributed by atoms with Gasteiger partial charge in [0.1, 0.15) is 5.78 Å². The molecule has 7 heteroatoms. The fourth-order valence-electron chi connectivity index (χ4n) is 4.57. The first-order valence-corrected chi connectivity index (χ1v) is 10.8. The van der Waals surface area contributed by atoms with Gasteiger partial charge in [-0.15, -0.1) is 5.10 Å². The van der Waals surface area contributed by atoms with Gasteiger partial charge in [-0.2, -0.15) is 0 Å². The number of nitrogens with zero attached hydrogens (tertiary/aromatic N) is 5. The lowest BCUT2D eigenvalue weighted by molar-refractivity contribution is -0.127. The van der Waals surface area contributed by atoms with Crippen molar-refractivity contribution in [1.82, 2.24) is 19.5 Å². The molecule has 0 spiro atoms. The van der Waals surface area contributed by atoms with Gasteiger partial charge in [0.25, 0.3) is 5.91 Å². The lowest BCUT2D eigenvalue weighted by Crippen LogP contribution is -2.43. The lowest BCUT2D eigenvalue weighted by atomic mass is 9.88. The number of pyridine rings is 1. The number of fused-ring (bicyclic) bond motifs is 1. The maximum atomic E-state index is 13.1. The minimum Gasteiger partial charge on any atom is -0.370 e. The second kappa shape index (κ2) is 7.76. The van der Waals surface area contributed by atoms with Crippen LogP contribution in [0, 0.1) is 24.7 Å². The van der Waals surface area contributed by atoms with E-state index < -0.39 is 0 Å². The Hall–Kier alpha value is -2.44. The first-order valence-electron chi connectivity index (χ1n) is 10.8. The van der Waals surface area contributed by atoms with Crippen LogP contribution in [-0.2, 0) is 4.79 Å². The molecule has 2 atom stereocenters. The Balaban J connectivity index is 1.56. The molecule has 0 saturated carbocycles. The highest BCUT2D eigenvalue weighted by Gasteiger charge is 2.31. The zero-order chi connectivity index (χ0) is 20.7. The number of ketones is 1. The maximum absolute atomic E-state index is 13.1. The highest BCUT2D eigenvalue weighted by atomic mass is 16.2. The third-order valence-corrected chi connectivity index (χ3v) is 6.26. The molecule has 2 aliphatic heterocycles. The highest BCUT2D eigenvalue weighted by Crippen LogP contribution is 2.26. The zero-order valence-electron chi connectivity index (χ0n) is 17.9. The Morgan fingerprint density at radius 1 is 1.17 bits per heavy atom. The van der Waals surface area contributed by atoms with Crippen LogP contribution in [0.4, 0.5) is 5.69 Å². The van der Waals surface area contributed by atoms with E-state index in [4.69, 9.17) is 0 Å². The average Bonchev–Trinajstić information content (AvgIpc) is 3.33. The number of hydrogen-bond acceptors (Lipinski definition) is 5. The third kappa shape index (κ3) is 3.87. The van der Waals surface area contributed by atoms with Crippen molar-refractivity contribution in [1.29, 1.82) is 0 Å². The van der Waals surface area contributed by atoms with E-state index in [0.717, 1.165) is 42.8 Å². The van der Waals surface area contributed by atoms with Gasteiger partial charge in [0.05, 0.1) is 11.9 Å². The molecular weight excluding hydrogens is 366 g/mol. The molecule has 2 aromatic rings. The molecule has 0 radical (unpaired) electrons. The number of carbonyl (C=O) groups is 2. The third-order valence-electron chi connectivity index (χ3n) is 6.26. The number of amides is 1. The molecule has 156 valence electrons. The van der Waals surface area contributed by atoms with Crippen LogP contribution < -0.4 is 4.90 Å². The minimum absolute atomic E-state index is 0.00209. The topological polar surface area (TPSA) is 70.8 Å². The van der Waals surface area contributed by atoms with Crippen molar-refractivity contribution in [2.45, 2.75) is 47.0 Å². The molecule has 2 saturated heterocycles. The summed E-state index contributed by atoms with van der Waals surface area (Å²) in [5.41, 5.74) is 2.86. The summed E-state index contributed by atoms with van der Waals surface area (Å²) in [6, 6.07) is 2.13. The summed E-state index contributed by atoms with van der Waals surface area (Å²) in [5.74, 6) is 0.904. The van der Waals surface area contributed by atoms with Gasteiger partial charge in [0.15, 0.2) is 5.65 Å². The van der Waals surface area contributed by atoms with Crippen molar-refractivity contribution in [3.63, 3.8) is 0 Å². The van der Waals surface area contributed by atoms with Crippen molar-refractivity contribution >= 4 is 23.0 Å². The van der Waals surface area contributed by atoms with E-state index in [0.29, 0.717) is 19.0 Å². The normalized spacial score (nSPS) is 22.7. The molecule has 0 N–H and O–H groups in total. The average molecular weight is 398 g/mol. The molecule has 2 aliphatic rings. The van der Waals surface area contributed by atoms with Gasteiger partial charge >= 0.3 is 0 Å². The molecule has 4 rings (SSSR count). The molecule has 2 fully saturated rings. The number of carbonyl (C=O) groups excluding carboxylic acids is 2. The van der Waals surface area contributed by atoms with Crippen LogP contribution in [-0.4, -0.2) is 57.4 Å². The van der Waals surface area contributed by atoms with Crippen molar-refractivity contribution in [2.24, 2.45) is 17.8 Å². The number of Topliss-reactive ketones (excluding diaryl/α,β-unsaturated/α-hetero) is 1. The molecule has 0 aliphatic carbocycles. The number of piperidine rings is 1. The van der Waals surface area contributed by atoms with Crippen molar-refractivity contribution < 1.29 is 9.59 Å². The van der Waals surface area contributed by atoms with Gasteiger partial charge in [0, 0.05) is 38.0 Å². The minimum atomic E-state index is -0.175. The molecule has 0 aromatic carbocycles. The summed E-state index contributed by atoms with van der Waals surface area (Å²) in [6.45, 7) is 11.4. The van der Waals surface area contributed by atoms with E-state index >= 15 is 0 Å². The van der Waals surface area contributed by atoms with Crippen LogP contribution in [0.1, 0.15) is 56.2 Å². The maximum Gasteiger partial charge on any atom is 0.293 e. The van der Waals surface area contributed by atoms with Crippen LogP contribution in [0.15, 0.2) is 12.3 Å². The number of anilines is 1. The van der Waals surface area contributed by atoms with Gasteiger partial charge in [-0.3, -0.25) is 9.59 Å². The summed E-state index contributed by atoms with van der Waals surface area (Å²) in [5, 5.41) is 4.51. The van der Waals surface area contributed by atoms with Crippen molar-refractivity contribution in [3.8, 4) is 0 Å². The number of aryl methyl sites for hydroxylation is 1. The first-order chi connectivity index (χ1) is 13.8.